The molecule has 24 heavy (non-hydrogen) atoms. The average Bonchev–Trinajstić information content (AvgIpc) is 2.60. The molecule has 0 heterocycles. The topological polar surface area (TPSA) is 81.7 Å². The van der Waals surface area contributed by atoms with Gasteiger partial charge in [0.2, 0.25) is 10.0 Å². The molecule has 1 unspecified atom stereocenters. The molecule has 0 bridgehead atoms. The second kappa shape index (κ2) is 7.46. The predicted octanol–water partition coefficient (Wildman–Crippen LogP) is 2.52. The summed E-state index contributed by atoms with van der Waals surface area (Å²) in [6.07, 6.45) is 0. The fourth-order valence-corrected chi connectivity index (χ4v) is 3.66. The van der Waals surface area contributed by atoms with Crippen molar-refractivity contribution in [2.75, 3.05) is 14.2 Å². The van der Waals surface area contributed by atoms with Gasteiger partial charge >= 0.3 is 5.97 Å². The standard InChI is InChI=1S/C17H19NO5S/c1-12(13-8-10-14(22-2)11-9-13)18-24(20,21)16-7-5-4-6-15(16)17(19)23-3/h4-12,18H,1-3H3. The molecule has 1 N–H and O–H groups in total. The number of rotatable bonds is 6. The molecule has 0 aromatic heterocycles. The highest BCUT2D eigenvalue weighted by Gasteiger charge is 2.24. The van der Waals surface area contributed by atoms with E-state index in [4.69, 9.17) is 4.74 Å². The van der Waals surface area contributed by atoms with Crippen LogP contribution in [0.2, 0.25) is 0 Å². The van der Waals surface area contributed by atoms with Crippen LogP contribution >= 0.6 is 0 Å². The van der Waals surface area contributed by atoms with Gasteiger partial charge in [-0.05, 0) is 36.8 Å². The van der Waals surface area contributed by atoms with Gasteiger partial charge in [0.15, 0.2) is 0 Å². The Bertz CT molecular complexity index is 815. The quantitative estimate of drug-likeness (QED) is 0.811. The molecule has 2 aromatic carbocycles. The fraction of sp³-hybridized carbons (Fsp3) is 0.235. The Kier molecular flexibility index (Phi) is 5.58. The summed E-state index contributed by atoms with van der Waals surface area (Å²) in [4.78, 5) is 11.7. The van der Waals surface area contributed by atoms with E-state index in [1.807, 2.05) is 0 Å². The summed E-state index contributed by atoms with van der Waals surface area (Å²) in [6, 6.07) is 12.5. The van der Waals surface area contributed by atoms with Gasteiger partial charge in [0.05, 0.1) is 24.7 Å². The number of sulfonamides is 1. The summed E-state index contributed by atoms with van der Waals surface area (Å²) >= 11 is 0. The van der Waals surface area contributed by atoms with E-state index >= 15 is 0 Å². The van der Waals surface area contributed by atoms with Crippen molar-refractivity contribution < 1.29 is 22.7 Å². The maximum absolute atomic E-state index is 12.6. The minimum Gasteiger partial charge on any atom is -0.497 e. The van der Waals surface area contributed by atoms with Crippen LogP contribution in [0.25, 0.3) is 0 Å². The first kappa shape index (κ1) is 18.0. The maximum Gasteiger partial charge on any atom is 0.339 e. The zero-order valence-corrected chi connectivity index (χ0v) is 14.5. The van der Waals surface area contributed by atoms with E-state index < -0.39 is 22.0 Å². The second-order valence-electron chi connectivity index (χ2n) is 5.10. The highest BCUT2D eigenvalue weighted by atomic mass is 32.2. The summed E-state index contributed by atoms with van der Waals surface area (Å²) < 4.78 is 37.6. The molecule has 7 heteroatoms. The minimum absolute atomic E-state index is 0.00516. The Morgan fingerprint density at radius 2 is 1.67 bits per heavy atom. The van der Waals surface area contributed by atoms with Crippen molar-refractivity contribution in [2.24, 2.45) is 0 Å². The van der Waals surface area contributed by atoms with E-state index in [-0.39, 0.29) is 10.5 Å². The van der Waals surface area contributed by atoms with Gasteiger partial charge in [-0.25, -0.2) is 17.9 Å². The molecule has 0 fully saturated rings. The van der Waals surface area contributed by atoms with E-state index in [2.05, 4.69) is 9.46 Å². The zero-order chi connectivity index (χ0) is 17.7. The lowest BCUT2D eigenvalue weighted by molar-refractivity contribution is 0.0596. The van der Waals surface area contributed by atoms with Crippen LogP contribution in [-0.2, 0) is 14.8 Å². The molecule has 128 valence electrons. The van der Waals surface area contributed by atoms with E-state index in [1.54, 1.807) is 50.4 Å². The number of benzene rings is 2. The van der Waals surface area contributed by atoms with Gasteiger partial charge in [-0.2, -0.15) is 0 Å². The predicted molar refractivity (Wildman–Crippen MR) is 89.5 cm³/mol. The molecule has 0 amide bonds. The van der Waals surface area contributed by atoms with Crippen molar-refractivity contribution in [2.45, 2.75) is 17.9 Å². The molecule has 0 spiro atoms. The molecule has 1 atom stereocenters. The lowest BCUT2D eigenvalue weighted by atomic mass is 10.1. The number of esters is 1. The van der Waals surface area contributed by atoms with Gasteiger partial charge in [0.1, 0.15) is 5.75 Å². The van der Waals surface area contributed by atoms with Crippen molar-refractivity contribution in [1.29, 1.82) is 0 Å². The molecule has 0 aliphatic heterocycles. The number of nitrogens with one attached hydrogen (secondary N) is 1. The number of hydrogen-bond donors (Lipinski definition) is 1. The van der Waals surface area contributed by atoms with Gasteiger partial charge in [-0.15, -0.1) is 0 Å². The van der Waals surface area contributed by atoms with Crippen LogP contribution in [0.3, 0.4) is 0 Å². The van der Waals surface area contributed by atoms with Crippen LogP contribution in [0.15, 0.2) is 53.4 Å². The molecular weight excluding hydrogens is 330 g/mol. The Morgan fingerprint density at radius 1 is 1.04 bits per heavy atom. The number of hydrogen-bond acceptors (Lipinski definition) is 5. The van der Waals surface area contributed by atoms with Crippen LogP contribution in [0.5, 0.6) is 5.75 Å². The highest BCUT2D eigenvalue weighted by molar-refractivity contribution is 7.89. The van der Waals surface area contributed by atoms with Crippen LogP contribution in [0, 0.1) is 0 Å². The van der Waals surface area contributed by atoms with Crippen molar-refractivity contribution in [3.8, 4) is 5.75 Å². The second-order valence-corrected chi connectivity index (χ2v) is 6.79. The van der Waals surface area contributed by atoms with Crippen LogP contribution in [-0.4, -0.2) is 28.6 Å². The number of methoxy groups -OCH3 is 2. The number of carbonyl (C=O) groups excluding carboxylic acids is 1. The monoisotopic (exact) mass is 349 g/mol. The third-order valence-electron chi connectivity index (χ3n) is 3.53. The Labute approximate surface area is 141 Å². The summed E-state index contributed by atoms with van der Waals surface area (Å²) in [5.74, 6) is -0.0158. The van der Waals surface area contributed by atoms with E-state index in [0.717, 1.165) is 5.56 Å². The molecule has 0 aliphatic carbocycles. The van der Waals surface area contributed by atoms with Crippen molar-refractivity contribution >= 4 is 16.0 Å². The average molecular weight is 349 g/mol. The number of ether oxygens (including phenoxy) is 2. The number of carbonyl (C=O) groups is 1. The minimum atomic E-state index is -3.89. The summed E-state index contributed by atoms with van der Waals surface area (Å²) in [7, 11) is -1.12. The van der Waals surface area contributed by atoms with Crippen molar-refractivity contribution in [1.82, 2.24) is 4.72 Å². The van der Waals surface area contributed by atoms with E-state index in [0.29, 0.717) is 5.75 Å². The first-order valence-electron chi connectivity index (χ1n) is 7.22. The third kappa shape index (κ3) is 3.93. The van der Waals surface area contributed by atoms with Crippen molar-refractivity contribution in [3.05, 3.63) is 59.7 Å². The van der Waals surface area contributed by atoms with E-state index in [1.165, 1.54) is 19.2 Å². The van der Waals surface area contributed by atoms with Gasteiger partial charge < -0.3 is 9.47 Å². The summed E-state index contributed by atoms with van der Waals surface area (Å²) in [5.41, 5.74) is 0.768. The molecule has 0 aliphatic rings. The summed E-state index contributed by atoms with van der Waals surface area (Å²) in [5, 5.41) is 0. The third-order valence-corrected chi connectivity index (χ3v) is 5.13. The van der Waals surface area contributed by atoms with Gasteiger partial charge in [-0.1, -0.05) is 24.3 Å². The van der Waals surface area contributed by atoms with Crippen LogP contribution in [0.4, 0.5) is 0 Å². The lowest BCUT2D eigenvalue weighted by Crippen LogP contribution is -2.28. The Morgan fingerprint density at radius 3 is 2.25 bits per heavy atom. The first-order valence-corrected chi connectivity index (χ1v) is 8.71. The highest BCUT2D eigenvalue weighted by Crippen LogP contribution is 2.22. The molecule has 2 rings (SSSR count). The maximum atomic E-state index is 12.6. The van der Waals surface area contributed by atoms with E-state index in [9.17, 15) is 13.2 Å². The largest absolute Gasteiger partial charge is 0.497 e. The molecule has 0 saturated carbocycles. The van der Waals surface area contributed by atoms with Gasteiger partial charge in [0, 0.05) is 6.04 Å². The normalized spacial score (nSPS) is 12.5. The molecule has 0 radical (unpaired) electrons. The Hall–Kier alpha value is -2.38. The molecule has 6 nitrogen and oxygen atoms in total. The smallest absolute Gasteiger partial charge is 0.339 e. The Balaban J connectivity index is 2.29. The zero-order valence-electron chi connectivity index (χ0n) is 13.6. The summed E-state index contributed by atoms with van der Waals surface area (Å²) in [6.45, 7) is 1.72. The molecule has 2 aromatic rings. The van der Waals surface area contributed by atoms with Crippen LogP contribution < -0.4 is 9.46 Å². The molecular formula is C17H19NO5S. The fourth-order valence-electron chi connectivity index (χ4n) is 2.24. The van der Waals surface area contributed by atoms with Gasteiger partial charge in [-0.3, -0.25) is 0 Å². The van der Waals surface area contributed by atoms with Crippen molar-refractivity contribution in [3.63, 3.8) is 0 Å². The van der Waals surface area contributed by atoms with Gasteiger partial charge in [0.25, 0.3) is 0 Å². The molecule has 0 saturated heterocycles. The van der Waals surface area contributed by atoms with Crippen LogP contribution in [0.1, 0.15) is 28.9 Å². The lowest BCUT2D eigenvalue weighted by Gasteiger charge is -2.16. The first-order chi connectivity index (χ1) is 11.4. The SMILES string of the molecule is COC(=O)c1ccccc1S(=O)(=O)NC(C)c1ccc(OC)cc1.